The molecular formula is C13H12F3N3O. The number of nitrogens with two attached hydrogens (primary N) is 1. The van der Waals surface area contributed by atoms with Gasteiger partial charge < -0.3 is 5.73 Å². The zero-order chi connectivity index (χ0) is 14.9. The van der Waals surface area contributed by atoms with Crippen LogP contribution < -0.4 is 11.4 Å². The Bertz CT molecular complexity index is 692. The quantitative estimate of drug-likeness (QED) is 0.859. The maximum atomic E-state index is 13.0. The zero-order valence-electron chi connectivity index (χ0n) is 10.6. The van der Waals surface area contributed by atoms with Crippen LogP contribution in [0.25, 0.3) is 0 Å². The summed E-state index contributed by atoms with van der Waals surface area (Å²) >= 11 is 0. The second kappa shape index (κ2) is 4.99. The molecule has 2 N–H and O–H groups in total. The molecule has 0 aliphatic heterocycles. The molecule has 0 spiro atoms. The molecule has 0 amide bonds. The van der Waals surface area contributed by atoms with Gasteiger partial charge in [-0.3, -0.25) is 4.57 Å². The van der Waals surface area contributed by atoms with Crippen molar-refractivity contribution < 1.29 is 13.2 Å². The van der Waals surface area contributed by atoms with Crippen molar-refractivity contribution in [2.24, 2.45) is 0 Å². The maximum absolute atomic E-state index is 13.0. The van der Waals surface area contributed by atoms with Gasteiger partial charge >= 0.3 is 11.9 Å². The van der Waals surface area contributed by atoms with Crippen LogP contribution in [0.5, 0.6) is 0 Å². The summed E-state index contributed by atoms with van der Waals surface area (Å²) in [5.74, 6) is 0. The van der Waals surface area contributed by atoms with Crippen molar-refractivity contribution in [3.63, 3.8) is 0 Å². The molecule has 2 aromatic rings. The molecule has 0 saturated heterocycles. The normalized spacial score (nSPS) is 11.6. The minimum absolute atomic E-state index is 0.0239. The van der Waals surface area contributed by atoms with Crippen LogP contribution in [0.15, 0.2) is 35.4 Å². The molecule has 0 radical (unpaired) electrons. The van der Waals surface area contributed by atoms with Crippen LogP contribution in [0, 0.1) is 6.92 Å². The Morgan fingerprint density at radius 2 is 2.05 bits per heavy atom. The molecule has 4 nitrogen and oxygen atoms in total. The molecule has 20 heavy (non-hydrogen) atoms. The van der Waals surface area contributed by atoms with Crippen molar-refractivity contribution in [2.45, 2.75) is 19.6 Å². The molecule has 106 valence electrons. The molecule has 0 bridgehead atoms. The number of benzene rings is 1. The predicted octanol–water partition coefficient (Wildman–Crippen LogP) is 2.20. The van der Waals surface area contributed by atoms with Gasteiger partial charge in [0.15, 0.2) is 0 Å². The fourth-order valence-corrected chi connectivity index (χ4v) is 1.86. The van der Waals surface area contributed by atoms with E-state index >= 15 is 0 Å². The predicted molar refractivity (Wildman–Crippen MR) is 68.2 cm³/mol. The van der Waals surface area contributed by atoms with E-state index in [-0.39, 0.29) is 17.8 Å². The highest BCUT2D eigenvalue weighted by Crippen LogP contribution is 2.33. The average molecular weight is 283 g/mol. The number of anilines is 1. The molecule has 1 aromatic carbocycles. The van der Waals surface area contributed by atoms with Crippen molar-refractivity contribution in [2.75, 3.05) is 5.73 Å². The summed E-state index contributed by atoms with van der Waals surface area (Å²) in [6.45, 7) is 1.50. The summed E-state index contributed by atoms with van der Waals surface area (Å²) in [5.41, 5.74) is 4.64. The molecule has 7 heteroatoms. The SMILES string of the molecule is Cc1cnc(=O)n(Cc2ccc(N)cc2C(F)(F)F)c1. The van der Waals surface area contributed by atoms with E-state index in [1.807, 2.05) is 0 Å². The van der Waals surface area contributed by atoms with Crippen LogP contribution in [0.4, 0.5) is 18.9 Å². The van der Waals surface area contributed by atoms with Crippen LogP contribution in [-0.4, -0.2) is 9.55 Å². The van der Waals surface area contributed by atoms with E-state index in [9.17, 15) is 18.0 Å². The lowest BCUT2D eigenvalue weighted by molar-refractivity contribution is -0.138. The minimum atomic E-state index is -4.52. The second-order valence-electron chi connectivity index (χ2n) is 4.46. The minimum Gasteiger partial charge on any atom is -0.399 e. The van der Waals surface area contributed by atoms with Crippen molar-refractivity contribution in [3.05, 3.63) is 57.8 Å². The number of nitrogens with zero attached hydrogens (tertiary/aromatic N) is 2. The van der Waals surface area contributed by atoms with Crippen LogP contribution in [0.3, 0.4) is 0 Å². The monoisotopic (exact) mass is 283 g/mol. The Labute approximate surface area is 112 Å². The summed E-state index contributed by atoms with van der Waals surface area (Å²) < 4.78 is 40.0. The number of hydrogen-bond donors (Lipinski definition) is 1. The maximum Gasteiger partial charge on any atom is 0.416 e. The molecule has 0 unspecified atom stereocenters. The first-order valence-electron chi connectivity index (χ1n) is 5.76. The van der Waals surface area contributed by atoms with Crippen LogP contribution in [0.2, 0.25) is 0 Å². The van der Waals surface area contributed by atoms with Crippen molar-refractivity contribution in [3.8, 4) is 0 Å². The number of halogens is 3. The van der Waals surface area contributed by atoms with Gasteiger partial charge in [-0.25, -0.2) is 9.78 Å². The van der Waals surface area contributed by atoms with Gasteiger partial charge in [0, 0.05) is 18.1 Å². The smallest absolute Gasteiger partial charge is 0.399 e. The standard InChI is InChI=1S/C13H12F3N3O/c1-8-5-18-12(20)19(6-8)7-9-2-3-10(17)4-11(9)13(14,15)16/h2-6H,7,17H2,1H3. The first-order valence-corrected chi connectivity index (χ1v) is 5.76. The molecule has 2 rings (SSSR count). The third kappa shape index (κ3) is 2.98. The highest BCUT2D eigenvalue weighted by molar-refractivity contribution is 5.46. The Morgan fingerprint density at radius 3 is 2.70 bits per heavy atom. The van der Waals surface area contributed by atoms with Gasteiger partial charge in [-0.15, -0.1) is 0 Å². The van der Waals surface area contributed by atoms with Gasteiger partial charge in [0.05, 0.1) is 12.1 Å². The number of hydrogen-bond acceptors (Lipinski definition) is 3. The number of nitrogen functional groups attached to an aromatic ring is 1. The molecule has 0 aliphatic carbocycles. The summed E-state index contributed by atoms with van der Waals surface area (Å²) in [4.78, 5) is 15.1. The van der Waals surface area contributed by atoms with E-state index in [0.29, 0.717) is 5.56 Å². The van der Waals surface area contributed by atoms with Gasteiger partial charge in [0.25, 0.3) is 0 Å². The summed E-state index contributed by atoms with van der Waals surface area (Å²) in [6.07, 6.45) is -1.69. The van der Waals surface area contributed by atoms with Crippen molar-refractivity contribution in [1.29, 1.82) is 0 Å². The summed E-state index contributed by atoms with van der Waals surface area (Å²) in [5, 5.41) is 0. The second-order valence-corrected chi connectivity index (χ2v) is 4.46. The molecule has 0 aliphatic rings. The van der Waals surface area contributed by atoms with E-state index in [4.69, 9.17) is 5.73 Å². The lowest BCUT2D eigenvalue weighted by Crippen LogP contribution is -2.24. The van der Waals surface area contributed by atoms with Gasteiger partial charge in [-0.1, -0.05) is 6.07 Å². The van der Waals surface area contributed by atoms with E-state index in [0.717, 1.165) is 10.6 Å². The lowest BCUT2D eigenvalue weighted by Gasteiger charge is -2.14. The number of alkyl halides is 3. The lowest BCUT2D eigenvalue weighted by atomic mass is 10.1. The summed E-state index contributed by atoms with van der Waals surface area (Å²) in [7, 11) is 0. The van der Waals surface area contributed by atoms with Gasteiger partial charge in [0.2, 0.25) is 0 Å². The van der Waals surface area contributed by atoms with E-state index in [2.05, 4.69) is 4.98 Å². The average Bonchev–Trinajstić information content (AvgIpc) is 2.34. The number of aromatic nitrogens is 2. The van der Waals surface area contributed by atoms with Gasteiger partial charge in [-0.2, -0.15) is 13.2 Å². The van der Waals surface area contributed by atoms with E-state index in [1.165, 1.54) is 24.5 Å². The van der Waals surface area contributed by atoms with Crippen molar-refractivity contribution in [1.82, 2.24) is 9.55 Å². The van der Waals surface area contributed by atoms with E-state index in [1.54, 1.807) is 6.92 Å². The Balaban J connectivity index is 2.49. The van der Waals surface area contributed by atoms with Gasteiger partial charge in [-0.05, 0) is 30.2 Å². The van der Waals surface area contributed by atoms with Crippen LogP contribution >= 0.6 is 0 Å². The fourth-order valence-electron chi connectivity index (χ4n) is 1.86. The van der Waals surface area contributed by atoms with Gasteiger partial charge in [0.1, 0.15) is 0 Å². The topological polar surface area (TPSA) is 60.9 Å². The zero-order valence-corrected chi connectivity index (χ0v) is 10.6. The summed E-state index contributed by atoms with van der Waals surface area (Å²) in [6, 6.07) is 3.51. The van der Waals surface area contributed by atoms with Crippen molar-refractivity contribution >= 4 is 5.69 Å². The molecule has 0 saturated carbocycles. The Kier molecular flexibility index (Phi) is 3.52. The largest absolute Gasteiger partial charge is 0.416 e. The number of aryl methyl sites for hydroxylation is 1. The van der Waals surface area contributed by atoms with Crippen LogP contribution in [0.1, 0.15) is 16.7 Å². The highest BCUT2D eigenvalue weighted by atomic mass is 19.4. The van der Waals surface area contributed by atoms with Crippen LogP contribution in [-0.2, 0) is 12.7 Å². The number of rotatable bonds is 2. The third-order valence-electron chi connectivity index (χ3n) is 2.76. The first kappa shape index (κ1) is 14.1. The first-order chi connectivity index (χ1) is 9.27. The molecule has 0 atom stereocenters. The molecule has 1 heterocycles. The Morgan fingerprint density at radius 1 is 1.35 bits per heavy atom. The highest BCUT2D eigenvalue weighted by Gasteiger charge is 2.33. The third-order valence-corrected chi connectivity index (χ3v) is 2.76. The molecular weight excluding hydrogens is 271 g/mol. The Hall–Kier alpha value is -2.31. The van der Waals surface area contributed by atoms with E-state index < -0.39 is 17.4 Å². The fraction of sp³-hybridized carbons (Fsp3) is 0.231. The molecule has 0 fully saturated rings. The molecule has 1 aromatic heterocycles.